The predicted octanol–water partition coefficient (Wildman–Crippen LogP) is 2.97. The lowest BCUT2D eigenvalue weighted by Gasteiger charge is -2.06. The number of nitrogens with one attached hydrogen (secondary N) is 2. The molecule has 2 heterocycles. The van der Waals surface area contributed by atoms with Gasteiger partial charge in [-0.05, 0) is 31.2 Å². The van der Waals surface area contributed by atoms with E-state index in [1.54, 1.807) is 30.5 Å². The van der Waals surface area contributed by atoms with Gasteiger partial charge in [0.15, 0.2) is 5.65 Å². The Bertz CT molecular complexity index is 868. The monoisotopic (exact) mass is 311 g/mol. The number of hydrogen-bond donors (Lipinski definition) is 2. The number of hydrogen-bond acceptors (Lipinski definition) is 4. The number of anilines is 1. The van der Waals surface area contributed by atoms with Crippen LogP contribution in [0.1, 0.15) is 6.92 Å². The van der Waals surface area contributed by atoms with Crippen molar-refractivity contribution in [1.82, 2.24) is 20.3 Å². The molecule has 0 radical (unpaired) electrons. The van der Waals surface area contributed by atoms with E-state index in [1.165, 1.54) is 12.1 Å². The molecule has 3 rings (SSSR count). The molecule has 0 fully saturated rings. The zero-order valence-corrected chi connectivity index (χ0v) is 12.4. The summed E-state index contributed by atoms with van der Waals surface area (Å²) in [5.74, 6) is 0.0261. The van der Waals surface area contributed by atoms with E-state index in [2.05, 4.69) is 25.6 Å². The number of fused-ring (bicyclic) bond motifs is 1. The van der Waals surface area contributed by atoms with Crippen LogP contribution in [0.25, 0.3) is 22.4 Å². The van der Waals surface area contributed by atoms with Gasteiger partial charge in [0.05, 0.1) is 11.9 Å². The molecule has 0 bridgehead atoms. The Morgan fingerprint density at radius 1 is 1.22 bits per heavy atom. The van der Waals surface area contributed by atoms with Gasteiger partial charge in [-0.15, -0.1) is 0 Å². The molecule has 0 aliphatic heterocycles. The van der Waals surface area contributed by atoms with Crippen molar-refractivity contribution < 1.29 is 9.18 Å². The van der Waals surface area contributed by atoms with Crippen LogP contribution in [0.15, 0.2) is 42.6 Å². The third-order valence-corrected chi connectivity index (χ3v) is 3.11. The van der Waals surface area contributed by atoms with Gasteiger partial charge in [0.1, 0.15) is 17.2 Å². The Morgan fingerprint density at radius 3 is 2.87 bits per heavy atom. The standard InChI is InChI=1S/C16H14FN5O/c1-2-18-16(23)22-14-7-6-12-15(21-14)20-13(9-19-12)10-4-3-5-11(17)8-10/h3-9H,2H2,1H3,(H2,18,20,21,22,23). The summed E-state index contributed by atoms with van der Waals surface area (Å²) in [5, 5.41) is 5.23. The summed E-state index contributed by atoms with van der Waals surface area (Å²) in [6.07, 6.45) is 1.57. The van der Waals surface area contributed by atoms with Crippen molar-refractivity contribution >= 4 is 23.0 Å². The first-order valence-corrected chi connectivity index (χ1v) is 7.10. The van der Waals surface area contributed by atoms with Gasteiger partial charge in [0.25, 0.3) is 0 Å². The van der Waals surface area contributed by atoms with Crippen LogP contribution in [-0.2, 0) is 0 Å². The van der Waals surface area contributed by atoms with E-state index >= 15 is 0 Å². The van der Waals surface area contributed by atoms with Crippen LogP contribution in [0, 0.1) is 5.82 Å². The number of pyridine rings is 1. The average Bonchev–Trinajstić information content (AvgIpc) is 2.54. The first kappa shape index (κ1) is 14.8. The predicted molar refractivity (Wildman–Crippen MR) is 85.4 cm³/mol. The maximum Gasteiger partial charge on any atom is 0.320 e. The minimum atomic E-state index is -0.344. The fraction of sp³-hybridized carbons (Fsp3) is 0.125. The minimum absolute atomic E-state index is 0.339. The van der Waals surface area contributed by atoms with Crippen molar-refractivity contribution in [2.75, 3.05) is 11.9 Å². The van der Waals surface area contributed by atoms with Gasteiger partial charge in [-0.1, -0.05) is 12.1 Å². The maximum absolute atomic E-state index is 13.3. The largest absolute Gasteiger partial charge is 0.338 e. The van der Waals surface area contributed by atoms with Crippen molar-refractivity contribution in [3.05, 3.63) is 48.4 Å². The van der Waals surface area contributed by atoms with Crippen LogP contribution in [-0.4, -0.2) is 27.5 Å². The molecule has 0 aliphatic rings. The molecule has 0 spiro atoms. The number of amides is 2. The molecule has 0 saturated carbocycles. The zero-order valence-electron chi connectivity index (χ0n) is 12.4. The van der Waals surface area contributed by atoms with Gasteiger partial charge < -0.3 is 5.32 Å². The molecule has 0 atom stereocenters. The average molecular weight is 311 g/mol. The smallest absolute Gasteiger partial charge is 0.320 e. The molecule has 6 nitrogen and oxygen atoms in total. The first-order chi connectivity index (χ1) is 11.2. The molecule has 2 amide bonds. The molecule has 3 aromatic rings. The second-order valence-corrected chi connectivity index (χ2v) is 4.79. The second kappa shape index (κ2) is 6.35. The van der Waals surface area contributed by atoms with Gasteiger partial charge in [-0.25, -0.2) is 19.2 Å². The number of benzene rings is 1. The molecular weight excluding hydrogens is 297 g/mol. The van der Waals surface area contributed by atoms with Gasteiger partial charge in [-0.2, -0.15) is 0 Å². The highest BCUT2D eigenvalue weighted by molar-refractivity contribution is 5.89. The highest BCUT2D eigenvalue weighted by Crippen LogP contribution is 2.20. The van der Waals surface area contributed by atoms with Gasteiger partial charge in [0.2, 0.25) is 0 Å². The number of carbonyl (C=O) groups excluding carboxylic acids is 1. The number of rotatable bonds is 3. The van der Waals surface area contributed by atoms with E-state index in [0.717, 1.165) is 0 Å². The molecule has 0 saturated heterocycles. The number of halogens is 1. The van der Waals surface area contributed by atoms with E-state index in [0.29, 0.717) is 34.8 Å². The quantitative estimate of drug-likeness (QED) is 0.779. The third-order valence-electron chi connectivity index (χ3n) is 3.11. The Kier molecular flexibility index (Phi) is 4.09. The Hall–Kier alpha value is -3.09. The lowest BCUT2D eigenvalue weighted by Crippen LogP contribution is -2.28. The van der Waals surface area contributed by atoms with Crippen LogP contribution in [0.5, 0.6) is 0 Å². The summed E-state index contributed by atoms with van der Waals surface area (Å²) >= 11 is 0. The van der Waals surface area contributed by atoms with Crippen molar-refractivity contribution in [1.29, 1.82) is 0 Å². The van der Waals surface area contributed by atoms with Crippen LogP contribution in [0.2, 0.25) is 0 Å². The number of aromatic nitrogens is 3. The summed E-state index contributed by atoms with van der Waals surface area (Å²) < 4.78 is 13.3. The molecule has 0 aliphatic carbocycles. The van der Waals surface area contributed by atoms with E-state index in [-0.39, 0.29) is 11.8 Å². The van der Waals surface area contributed by atoms with Crippen LogP contribution in [0.4, 0.5) is 15.0 Å². The van der Waals surface area contributed by atoms with Gasteiger partial charge in [-0.3, -0.25) is 10.3 Å². The Balaban J connectivity index is 1.96. The molecule has 2 N–H and O–H groups in total. The molecule has 1 aromatic carbocycles. The summed E-state index contributed by atoms with van der Waals surface area (Å²) in [6.45, 7) is 2.34. The molecular formula is C16H14FN5O. The Labute approximate surface area is 131 Å². The van der Waals surface area contributed by atoms with Gasteiger partial charge in [0, 0.05) is 12.1 Å². The van der Waals surface area contributed by atoms with Crippen molar-refractivity contribution in [3.8, 4) is 11.3 Å². The second-order valence-electron chi connectivity index (χ2n) is 4.79. The highest BCUT2D eigenvalue weighted by Gasteiger charge is 2.07. The summed E-state index contributed by atoms with van der Waals surface area (Å²) in [7, 11) is 0. The SMILES string of the molecule is CCNC(=O)Nc1ccc2ncc(-c3cccc(F)c3)nc2n1. The number of nitrogens with zero attached hydrogens (tertiary/aromatic N) is 3. The summed E-state index contributed by atoms with van der Waals surface area (Å²) in [6, 6.07) is 9.12. The maximum atomic E-state index is 13.3. The molecule has 0 unspecified atom stereocenters. The summed E-state index contributed by atoms with van der Waals surface area (Å²) in [5.41, 5.74) is 2.09. The lowest BCUT2D eigenvalue weighted by molar-refractivity contribution is 0.252. The molecule has 2 aromatic heterocycles. The normalized spacial score (nSPS) is 10.5. The van der Waals surface area contributed by atoms with Crippen LogP contribution in [0.3, 0.4) is 0 Å². The highest BCUT2D eigenvalue weighted by atomic mass is 19.1. The van der Waals surface area contributed by atoms with Crippen molar-refractivity contribution in [3.63, 3.8) is 0 Å². The van der Waals surface area contributed by atoms with Crippen molar-refractivity contribution in [2.24, 2.45) is 0 Å². The molecule has 23 heavy (non-hydrogen) atoms. The number of urea groups is 1. The lowest BCUT2D eigenvalue weighted by atomic mass is 10.1. The van der Waals surface area contributed by atoms with Crippen LogP contribution >= 0.6 is 0 Å². The van der Waals surface area contributed by atoms with Crippen LogP contribution < -0.4 is 10.6 Å². The van der Waals surface area contributed by atoms with E-state index in [4.69, 9.17) is 0 Å². The molecule has 7 heteroatoms. The fourth-order valence-corrected chi connectivity index (χ4v) is 2.08. The molecule has 116 valence electrons. The fourth-order valence-electron chi connectivity index (χ4n) is 2.08. The van der Waals surface area contributed by atoms with Gasteiger partial charge >= 0.3 is 6.03 Å². The summed E-state index contributed by atoms with van der Waals surface area (Å²) in [4.78, 5) is 24.5. The number of carbonyl (C=O) groups is 1. The van der Waals surface area contributed by atoms with E-state index < -0.39 is 0 Å². The van der Waals surface area contributed by atoms with Crippen molar-refractivity contribution in [2.45, 2.75) is 6.92 Å². The third kappa shape index (κ3) is 3.39. The first-order valence-electron chi connectivity index (χ1n) is 7.10. The van der Waals surface area contributed by atoms with E-state index in [1.807, 2.05) is 6.92 Å². The minimum Gasteiger partial charge on any atom is -0.338 e. The van der Waals surface area contributed by atoms with E-state index in [9.17, 15) is 9.18 Å². The topological polar surface area (TPSA) is 79.8 Å². The Morgan fingerprint density at radius 2 is 2.09 bits per heavy atom. The zero-order chi connectivity index (χ0) is 16.2.